The summed E-state index contributed by atoms with van der Waals surface area (Å²) in [6, 6.07) is 1.40. The van der Waals surface area contributed by atoms with E-state index in [2.05, 4.69) is 15.3 Å². The Hall–Kier alpha value is -1.36. The van der Waals surface area contributed by atoms with Gasteiger partial charge in [-0.15, -0.1) is 11.6 Å². The molecular formula is C8H10ClN3O2. The number of alkyl halides is 1. The molecule has 1 aromatic rings. The fourth-order valence-corrected chi connectivity index (χ4v) is 1.02. The summed E-state index contributed by atoms with van der Waals surface area (Å²) in [5, 5.41) is 2.58. The smallest absolute Gasteiger partial charge is 0.250 e. The van der Waals surface area contributed by atoms with Crippen LogP contribution in [-0.4, -0.2) is 28.3 Å². The average Bonchev–Trinajstić information content (AvgIpc) is 2.17. The zero-order valence-electron chi connectivity index (χ0n) is 7.42. The van der Waals surface area contributed by atoms with Gasteiger partial charge in [-0.05, 0) is 0 Å². The summed E-state index contributed by atoms with van der Waals surface area (Å²) in [7, 11) is 0. The first kappa shape index (κ1) is 10.7. The van der Waals surface area contributed by atoms with E-state index >= 15 is 0 Å². The summed E-state index contributed by atoms with van der Waals surface area (Å²) < 4.78 is 0. The van der Waals surface area contributed by atoms with Gasteiger partial charge in [0.25, 0.3) is 5.56 Å². The van der Waals surface area contributed by atoms with Crippen LogP contribution in [0.25, 0.3) is 0 Å². The molecule has 0 aromatic carbocycles. The minimum absolute atomic E-state index is 0.0528. The van der Waals surface area contributed by atoms with Gasteiger partial charge in [-0.3, -0.25) is 9.59 Å². The van der Waals surface area contributed by atoms with Crippen molar-refractivity contribution < 1.29 is 4.79 Å². The Balaban J connectivity index is 2.39. The summed E-state index contributed by atoms with van der Waals surface area (Å²) in [6.07, 6.45) is 1.85. The van der Waals surface area contributed by atoms with Crippen LogP contribution in [0.2, 0.25) is 0 Å². The Morgan fingerprint density at radius 2 is 2.43 bits per heavy atom. The van der Waals surface area contributed by atoms with Crippen LogP contribution >= 0.6 is 11.6 Å². The third kappa shape index (κ3) is 3.57. The number of rotatable bonds is 4. The minimum atomic E-state index is -0.225. The van der Waals surface area contributed by atoms with Gasteiger partial charge in [0.1, 0.15) is 5.88 Å². The highest BCUT2D eigenvalue weighted by molar-refractivity contribution is 6.27. The standard InChI is InChI=1S/C8H10ClN3O2/c9-4-8(14)10-2-1-6-3-7(13)12-5-11-6/h3,5H,1-2,4H2,(H,10,14)(H,11,12,13). The molecule has 0 saturated carbocycles. The number of nitrogens with one attached hydrogen (secondary N) is 2. The van der Waals surface area contributed by atoms with Crippen LogP contribution in [0.4, 0.5) is 0 Å². The van der Waals surface area contributed by atoms with Gasteiger partial charge in [0.05, 0.1) is 6.33 Å². The van der Waals surface area contributed by atoms with Crippen molar-refractivity contribution in [1.82, 2.24) is 15.3 Å². The molecule has 0 aliphatic rings. The third-order valence-corrected chi connectivity index (χ3v) is 1.80. The van der Waals surface area contributed by atoms with Crippen molar-refractivity contribution in [2.45, 2.75) is 6.42 Å². The quantitative estimate of drug-likeness (QED) is 0.676. The second kappa shape index (κ2) is 5.39. The van der Waals surface area contributed by atoms with Crippen molar-refractivity contribution >= 4 is 17.5 Å². The van der Waals surface area contributed by atoms with Crippen LogP contribution in [0, 0.1) is 0 Å². The van der Waals surface area contributed by atoms with Crippen LogP contribution in [0.15, 0.2) is 17.2 Å². The van der Waals surface area contributed by atoms with Gasteiger partial charge >= 0.3 is 0 Å². The number of H-pyrrole nitrogens is 1. The van der Waals surface area contributed by atoms with Gasteiger partial charge < -0.3 is 10.3 Å². The zero-order valence-corrected chi connectivity index (χ0v) is 8.17. The van der Waals surface area contributed by atoms with Gasteiger partial charge in [-0.25, -0.2) is 4.98 Å². The number of hydrogen-bond donors (Lipinski definition) is 2. The van der Waals surface area contributed by atoms with Crippen LogP contribution in [-0.2, 0) is 11.2 Å². The molecular weight excluding hydrogens is 206 g/mol. The van der Waals surface area contributed by atoms with Crippen LogP contribution < -0.4 is 10.9 Å². The van der Waals surface area contributed by atoms with Crippen LogP contribution in [0.5, 0.6) is 0 Å². The number of carbonyl (C=O) groups is 1. The Labute approximate surface area is 85.5 Å². The Morgan fingerprint density at radius 3 is 3.07 bits per heavy atom. The van der Waals surface area contributed by atoms with Crippen LogP contribution in [0.1, 0.15) is 5.69 Å². The number of nitrogens with zero attached hydrogens (tertiary/aromatic N) is 1. The molecule has 1 amide bonds. The summed E-state index contributed by atoms with van der Waals surface area (Å²) in [6.45, 7) is 0.433. The highest BCUT2D eigenvalue weighted by Gasteiger charge is 1.98. The highest BCUT2D eigenvalue weighted by atomic mass is 35.5. The van der Waals surface area contributed by atoms with E-state index in [1.165, 1.54) is 12.4 Å². The average molecular weight is 216 g/mol. The van der Waals surface area contributed by atoms with E-state index in [0.717, 1.165) is 0 Å². The van der Waals surface area contributed by atoms with Gasteiger partial charge in [-0.2, -0.15) is 0 Å². The lowest BCUT2D eigenvalue weighted by Crippen LogP contribution is -2.27. The fourth-order valence-electron chi connectivity index (χ4n) is 0.923. The van der Waals surface area contributed by atoms with E-state index in [0.29, 0.717) is 18.7 Å². The molecule has 0 spiro atoms. The number of aromatic amines is 1. The monoisotopic (exact) mass is 215 g/mol. The van der Waals surface area contributed by atoms with E-state index in [9.17, 15) is 9.59 Å². The van der Waals surface area contributed by atoms with Crippen LogP contribution in [0.3, 0.4) is 0 Å². The SMILES string of the molecule is O=C(CCl)NCCc1cc(=O)[nH]cn1. The molecule has 0 aliphatic heterocycles. The van der Waals surface area contributed by atoms with Crippen molar-refractivity contribution in [3.8, 4) is 0 Å². The maximum atomic E-state index is 10.8. The molecule has 0 bridgehead atoms. The van der Waals surface area contributed by atoms with Crippen molar-refractivity contribution in [2.75, 3.05) is 12.4 Å². The first-order valence-corrected chi connectivity index (χ1v) is 4.62. The molecule has 2 N–H and O–H groups in total. The molecule has 0 unspecified atom stereocenters. The molecule has 0 saturated heterocycles. The second-order valence-corrected chi connectivity index (χ2v) is 2.90. The van der Waals surface area contributed by atoms with Gasteiger partial charge in [0.2, 0.25) is 5.91 Å². The lowest BCUT2D eigenvalue weighted by molar-refractivity contribution is -0.118. The Bertz CT molecular complexity index is 364. The molecule has 1 aromatic heterocycles. The Morgan fingerprint density at radius 1 is 1.64 bits per heavy atom. The molecule has 0 radical (unpaired) electrons. The summed E-state index contributed by atoms with van der Waals surface area (Å²) in [5.41, 5.74) is 0.447. The van der Waals surface area contributed by atoms with E-state index in [1.54, 1.807) is 0 Å². The maximum absolute atomic E-state index is 10.8. The zero-order chi connectivity index (χ0) is 10.4. The summed E-state index contributed by atoms with van der Waals surface area (Å²) in [4.78, 5) is 27.9. The first-order chi connectivity index (χ1) is 6.72. The minimum Gasteiger partial charge on any atom is -0.355 e. The van der Waals surface area contributed by atoms with Gasteiger partial charge in [0, 0.05) is 24.7 Å². The third-order valence-electron chi connectivity index (χ3n) is 1.56. The van der Waals surface area contributed by atoms with Crippen molar-refractivity contribution in [1.29, 1.82) is 0 Å². The topological polar surface area (TPSA) is 74.8 Å². The molecule has 0 atom stereocenters. The number of halogens is 1. The summed E-state index contributed by atoms with van der Waals surface area (Å²) >= 11 is 5.28. The normalized spacial score (nSPS) is 9.79. The second-order valence-electron chi connectivity index (χ2n) is 2.64. The predicted molar refractivity (Wildman–Crippen MR) is 52.3 cm³/mol. The molecule has 5 nitrogen and oxygen atoms in total. The fraction of sp³-hybridized carbons (Fsp3) is 0.375. The van der Waals surface area contributed by atoms with E-state index < -0.39 is 0 Å². The molecule has 0 aliphatic carbocycles. The Kier molecular flexibility index (Phi) is 4.12. The summed E-state index contributed by atoms with van der Waals surface area (Å²) in [5.74, 6) is -0.278. The van der Waals surface area contributed by atoms with Crippen molar-refractivity contribution in [2.24, 2.45) is 0 Å². The van der Waals surface area contributed by atoms with Gasteiger partial charge in [0.15, 0.2) is 0 Å². The predicted octanol–water partition coefficient (Wildman–Crippen LogP) is -0.333. The lowest BCUT2D eigenvalue weighted by Gasteiger charge is -2.01. The molecule has 14 heavy (non-hydrogen) atoms. The number of hydrogen-bond acceptors (Lipinski definition) is 3. The van der Waals surface area contributed by atoms with Crippen molar-refractivity contribution in [3.05, 3.63) is 28.4 Å². The number of carbonyl (C=O) groups excluding carboxylic acids is 1. The van der Waals surface area contributed by atoms with Gasteiger partial charge in [-0.1, -0.05) is 0 Å². The molecule has 76 valence electrons. The number of aromatic nitrogens is 2. The van der Waals surface area contributed by atoms with E-state index in [-0.39, 0.29) is 17.3 Å². The molecule has 1 heterocycles. The molecule has 1 rings (SSSR count). The molecule has 6 heteroatoms. The number of amides is 1. The largest absolute Gasteiger partial charge is 0.355 e. The maximum Gasteiger partial charge on any atom is 0.250 e. The van der Waals surface area contributed by atoms with E-state index in [1.807, 2.05) is 0 Å². The lowest BCUT2D eigenvalue weighted by atomic mass is 10.3. The van der Waals surface area contributed by atoms with Crippen molar-refractivity contribution in [3.63, 3.8) is 0 Å². The van der Waals surface area contributed by atoms with E-state index in [4.69, 9.17) is 11.6 Å². The first-order valence-electron chi connectivity index (χ1n) is 4.08. The molecule has 0 fully saturated rings. The highest BCUT2D eigenvalue weighted by Crippen LogP contribution is 1.87.